The van der Waals surface area contributed by atoms with Gasteiger partial charge in [-0.25, -0.2) is 0 Å². The molecule has 2 rings (SSSR count). The molecule has 1 fully saturated rings. The van der Waals surface area contributed by atoms with Crippen molar-refractivity contribution in [1.29, 1.82) is 0 Å². The second kappa shape index (κ2) is 4.96. The summed E-state index contributed by atoms with van der Waals surface area (Å²) in [5.74, 6) is -0.0523. The van der Waals surface area contributed by atoms with Gasteiger partial charge in [0.2, 0.25) is 0 Å². The van der Waals surface area contributed by atoms with Crippen LogP contribution in [-0.2, 0) is 9.53 Å². The molecule has 0 bridgehead atoms. The third-order valence-electron chi connectivity index (χ3n) is 2.79. The smallest absolute Gasteiger partial charge is 0.306 e. The first-order chi connectivity index (χ1) is 7.36. The lowest BCUT2D eigenvalue weighted by molar-refractivity contribution is -0.150. The molecule has 0 N–H and O–H groups in total. The molecule has 1 aliphatic rings. The molecule has 80 valence electrons. The highest BCUT2D eigenvalue weighted by atomic mass is 17.4. The van der Waals surface area contributed by atoms with Gasteiger partial charge in [-0.1, -0.05) is 36.8 Å². The zero-order chi connectivity index (χ0) is 10.5. The van der Waals surface area contributed by atoms with E-state index in [-0.39, 0.29) is 12.1 Å². The van der Waals surface area contributed by atoms with E-state index >= 15 is 0 Å². The molecular weight excluding hydrogens is 189 g/mol. The van der Waals surface area contributed by atoms with Gasteiger partial charge in [0.1, 0.15) is 6.10 Å². The highest BCUT2D eigenvalue weighted by molar-refractivity contribution is 5.69. The molecule has 0 aliphatic carbocycles. The van der Waals surface area contributed by atoms with Crippen molar-refractivity contribution >= 4 is 5.97 Å². The van der Waals surface area contributed by atoms with Crippen LogP contribution in [0.5, 0.6) is 0 Å². The van der Waals surface area contributed by atoms with Gasteiger partial charge in [-0.2, -0.15) is 0 Å². The number of carbonyl (C=O) groups excluding carboxylic acids is 1. The summed E-state index contributed by atoms with van der Waals surface area (Å²) < 4.78 is 5.44. The summed E-state index contributed by atoms with van der Waals surface area (Å²) in [6, 6.07) is 10.0. The monoisotopic (exact) mass is 205 g/mol. The summed E-state index contributed by atoms with van der Waals surface area (Å²) >= 11 is 0. The maximum atomic E-state index is 11.4. The molecule has 1 aromatic rings. The molecule has 1 saturated heterocycles. The van der Waals surface area contributed by atoms with Crippen LogP contribution in [0, 0.1) is 0 Å². The van der Waals surface area contributed by atoms with Crippen molar-refractivity contribution in [3.63, 3.8) is 0 Å². The first-order valence-electron chi connectivity index (χ1n) is 5.61. The fourth-order valence-corrected chi connectivity index (χ4v) is 1.95. The quantitative estimate of drug-likeness (QED) is 0.658. The maximum Gasteiger partial charge on any atom is 0.306 e. The zero-order valence-corrected chi connectivity index (χ0v) is 8.82. The lowest BCUT2D eigenvalue weighted by Gasteiger charge is -2.20. The second-order valence-corrected chi connectivity index (χ2v) is 3.99. The number of esters is 1. The highest BCUT2D eigenvalue weighted by Gasteiger charge is 2.18. The number of benzene rings is 1. The van der Waals surface area contributed by atoms with Crippen molar-refractivity contribution in [2.75, 3.05) is 0 Å². The number of cyclic esters (lactones) is 1. The van der Waals surface area contributed by atoms with Crippen LogP contribution < -0.4 is 0 Å². The van der Waals surface area contributed by atoms with E-state index in [1.807, 2.05) is 30.3 Å². The van der Waals surface area contributed by atoms with E-state index in [9.17, 15) is 4.79 Å². The Morgan fingerprint density at radius 1 is 1.07 bits per heavy atom. The molecule has 0 saturated carbocycles. The van der Waals surface area contributed by atoms with Crippen LogP contribution in [0.25, 0.3) is 0 Å². The average molecular weight is 205 g/mol. The lowest BCUT2D eigenvalue weighted by Crippen LogP contribution is -2.13. The average Bonchev–Trinajstić information content (AvgIpc) is 2.24. The van der Waals surface area contributed by atoms with Gasteiger partial charge in [-0.3, -0.25) is 4.79 Å². The summed E-state index contributed by atoms with van der Waals surface area (Å²) in [6.45, 7) is 0. The van der Waals surface area contributed by atoms with Gasteiger partial charge in [-0.15, -0.1) is 0 Å². The zero-order valence-electron chi connectivity index (χ0n) is 8.82. The van der Waals surface area contributed by atoms with Crippen LogP contribution in [-0.4, -0.2) is 5.97 Å². The van der Waals surface area contributed by atoms with Gasteiger partial charge in [0.05, 0.1) is 0 Å². The van der Waals surface area contributed by atoms with Crippen LogP contribution in [0.2, 0.25) is 0 Å². The Morgan fingerprint density at radius 2 is 1.87 bits per heavy atom. The third-order valence-corrected chi connectivity index (χ3v) is 2.79. The molecule has 0 spiro atoms. The molecule has 15 heavy (non-hydrogen) atoms. The minimum Gasteiger partial charge on any atom is -0.457 e. The first-order valence-corrected chi connectivity index (χ1v) is 5.61. The first kappa shape index (κ1) is 10.2. The normalized spacial score (nSPS) is 22.7. The molecule has 0 amide bonds. The number of ether oxygens (including phenoxy) is 1. The molecule has 1 heterocycles. The second-order valence-electron chi connectivity index (χ2n) is 3.99. The van der Waals surface area contributed by atoms with Crippen LogP contribution in [0.4, 0.5) is 0 Å². The number of rotatable bonds is 1. The molecule has 2 heteroatoms. The van der Waals surface area contributed by atoms with Gasteiger partial charge in [0, 0.05) is 6.42 Å². The summed E-state index contributed by atoms with van der Waals surface area (Å²) in [6.07, 6.45) is 4.75. The Bertz CT molecular complexity index is 319. The van der Waals surface area contributed by atoms with E-state index in [0.29, 0.717) is 6.42 Å². The maximum absolute atomic E-state index is 11.4. The van der Waals surface area contributed by atoms with Gasteiger partial charge >= 0.3 is 5.97 Å². The van der Waals surface area contributed by atoms with Gasteiger partial charge in [-0.05, 0) is 24.8 Å². The minimum absolute atomic E-state index is 0.0287. The molecular formula is C13H16O2. The van der Waals surface area contributed by atoms with Crippen molar-refractivity contribution < 1.29 is 9.53 Å². The molecule has 0 radical (unpaired) electrons. The number of carbonyl (C=O) groups is 1. The van der Waals surface area contributed by atoms with E-state index in [0.717, 1.165) is 31.2 Å². The minimum atomic E-state index is -0.0523. The summed E-state index contributed by atoms with van der Waals surface area (Å²) in [5.41, 5.74) is 1.12. The largest absolute Gasteiger partial charge is 0.457 e. The molecule has 1 aliphatic heterocycles. The fourth-order valence-electron chi connectivity index (χ4n) is 1.95. The van der Waals surface area contributed by atoms with Crippen molar-refractivity contribution in [2.24, 2.45) is 0 Å². The van der Waals surface area contributed by atoms with Gasteiger partial charge < -0.3 is 4.74 Å². The Morgan fingerprint density at radius 3 is 2.67 bits per heavy atom. The van der Waals surface area contributed by atoms with Crippen molar-refractivity contribution in [3.05, 3.63) is 35.9 Å². The Labute approximate surface area is 90.3 Å². The predicted octanol–water partition coefficient (Wildman–Crippen LogP) is 3.24. The van der Waals surface area contributed by atoms with Crippen molar-refractivity contribution in [1.82, 2.24) is 0 Å². The topological polar surface area (TPSA) is 26.3 Å². The molecule has 1 unspecified atom stereocenters. The summed E-state index contributed by atoms with van der Waals surface area (Å²) in [7, 11) is 0. The Balaban J connectivity index is 2.09. The van der Waals surface area contributed by atoms with E-state index in [1.165, 1.54) is 0 Å². The SMILES string of the molecule is O=C1CCCCCC(c2ccccc2)[17O]1. The number of hydrogen-bond donors (Lipinski definition) is 0. The van der Waals surface area contributed by atoms with Crippen LogP contribution in [0.3, 0.4) is 0 Å². The van der Waals surface area contributed by atoms with Gasteiger partial charge in [0.25, 0.3) is 0 Å². The lowest BCUT2D eigenvalue weighted by atomic mass is 10.0. The van der Waals surface area contributed by atoms with E-state index in [4.69, 9.17) is 4.74 Å². The molecule has 1 atom stereocenters. The van der Waals surface area contributed by atoms with Crippen LogP contribution in [0.15, 0.2) is 30.3 Å². The predicted molar refractivity (Wildman–Crippen MR) is 58.4 cm³/mol. The fraction of sp³-hybridized carbons (Fsp3) is 0.462. The van der Waals surface area contributed by atoms with Crippen LogP contribution in [0.1, 0.15) is 43.8 Å². The summed E-state index contributed by atoms with van der Waals surface area (Å²) in [5, 5.41) is 0. The highest BCUT2D eigenvalue weighted by Crippen LogP contribution is 2.26. The van der Waals surface area contributed by atoms with Crippen molar-refractivity contribution in [2.45, 2.75) is 38.2 Å². The molecule has 2 nitrogen and oxygen atoms in total. The summed E-state index contributed by atoms with van der Waals surface area (Å²) in [4.78, 5) is 11.4. The number of hydrogen-bond acceptors (Lipinski definition) is 2. The Kier molecular flexibility index (Phi) is 3.38. The van der Waals surface area contributed by atoms with E-state index < -0.39 is 0 Å². The van der Waals surface area contributed by atoms with Gasteiger partial charge in [0.15, 0.2) is 0 Å². The third kappa shape index (κ3) is 2.82. The van der Waals surface area contributed by atoms with E-state index in [1.54, 1.807) is 0 Å². The molecule has 0 aromatic heterocycles. The van der Waals surface area contributed by atoms with E-state index in [2.05, 4.69) is 0 Å². The standard InChI is InChI=1S/C13H16O2/c14-13-10-6-2-5-9-12(15-13)11-7-3-1-4-8-11/h1,3-4,7-8,12H,2,5-6,9-10H2/i15+1. The molecule has 1 aromatic carbocycles. The van der Waals surface area contributed by atoms with Crippen LogP contribution >= 0.6 is 0 Å². The van der Waals surface area contributed by atoms with Crippen molar-refractivity contribution in [3.8, 4) is 0 Å². The Hall–Kier alpha value is -1.31.